The molecule has 0 aliphatic carbocycles. The molecule has 0 saturated heterocycles. The number of ether oxygens (including phenoxy) is 3. The summed E-state index contributed by atoms with van der Waals surface area (Å²) in [5.41, 5.74) is 0.592. The first-order chi connectivity index (χ1) is 12.5. The molecule has 144 valence electrons. The van der Waals surface area contributed by atoms with Crippen molar-refractivity contribution in [3.63, 3.8) is 0 Å². The van der Waals surface area contributed by atoms with Crippen LogP contribution in [0.3, 0.4) is 0 Å². The maximum atomic E-state index is 11.5. The molecule has 0 spiro atoms. The summed E-state index contributed by atoms with van der Waals surface area (Å²) in [7, 11) is 1.32. The van der Waals surface area contributed by atoms with Gasteiger partial charge in [0.25, 0.3) is 5.69 Å². The number of methoxy groups -OCH3 is 1. The summed E-state index contributed by atoms with van der Waals surface area (Å²) in [6.07, 6.45) is 0.482. The van der Waals surface area contributed by atoms with Gasteiger partial charge >= 0.3 is 12.1 Å². The highest BCUT2D eigenvalue weighted by Gasteiger charge is 2.15. The molecule has 1 N–H and O–H groups in total. The van der Waals surface area contributed by atoms with Crippen molar-refractivity contribution in [2.24, 2.45) is 0 Å². The predicted octanol–water partition coefficient (Wildman–Crippen LogP) is 2.09. The quantitative estimate of drug-likeness (QED) is 0.195. The molecule has 26 heavy (non-hydrogen) atoms. The van der Waals surface area contributed by atoms with Gasteiger partial charge in [0, 0.05) is 17.9 Å². The Morgan fingerprint density at radius 1 is 1.23 bits per heavy atom. The Morgan fingerprint density at radius 2 is 1.92 bits per heavy atom. The van der Waals surface area contributed by atoms with E-state index in [-0.39, 0.29) is 24.9 Å². The summed E-state index contributed by atoms with van der Waals surface area (Å²) >= 11 is 4.07. The van der Waals surface area contributed by atoms with Crippen LogP contribution < -0.4 is 5.32 Å². The molecule has 0 bridgehead atoms. The van der Waals surface area contributed by atoms with Crippen LogP contribution in [-0.2, 0) is 25.6 Å². The summed E-state index contributed by atoms with van der Waals surface area (Å²) in [4.78, 5) is 32.8. The number of benzene rings is 1. The molecule has 1 aromatic rings. The van der Waals surface area contributed by atoms with Gasteiger partial charge in [-0.3, -0.25) is 14.9 Å². The van der Waals surface area contributed by atoms with E-state index >= 15 is 0 Å². The Kier molecular flexibility index (Phi) is 10.1. The minimum atomic E-state index is -0.806. The summed E-state index contributed by atoms with van der Waals surface area (Å²) < 4.78 is 14.5. The molecule has 0 fully saturated rings. The second-order valence-corrected chi connectivity index (χ2v) is 5.60. The van der Waals surface area contributed by atoms with Crippen molar-refractivity contribution in [3.05, 3.63) is 39.9 Å². The molecule has 0 amide bonds. The number of nitrogens with zero attached hydrogens (tertiary/aromatic N) is 1. The number of hydrogen-bond donors (Lipinski definition) is 2. The summed E-state index contributed by atoms with van der Waals surface area (Å²) in [5, 5.41) is 13.5. The van der Waals surface area contributed by atoms with Gasteiger partial charge < -0.3 is 19.5 Å². The Morgan fingerprint density at radius 3 is 2.50 bits per heavy atom. The number of esters is 1. The number of rotatable bonds is 11. The highest BCUT2D eigenvalue weighted by atomic mass is 32.1. The monoisotopic (exact) mass is 386 g/mol. The third-order valence-electron chi connectivity index (χ3n) is 3.35. The predicted molar refractivity (Wildman–Crippen MR) is 96.1 cm³/mol. The molecule has 0 saturated carbocycles. The smallest absolute Gasteiger partial charge is 0.468 e. The van der Waals surface area contributed by atoms with Gasteiger partial charge in [0.05, 0.1) is 18.6 Å². The standard InChI is InChI=1S/C16H22N2O7S/c1-23-15(19)14(11-26)17-8-2-3-9-24-16(20)25-10-12-4-6-13(7-5-12)18(21)22/h4-7,14,17,26H,2-3,8-11H2,1H3. The molecule has 0 aliphatic rings. The normalized spacial score (nSPS) is 11.5. The third kappa shape index (κ3) is 8.17. The number of nitro benzene ring substituents is 1. The van der Waals surface area contributed by atoms with Gasteiger partial charge in [0.2, 0.25) is 0 Å². The Hall–Kier alpha value is -2.33. The van der Waals surface area contributed by atoms with Gasteiger partial charge in [0.1, 0.15) is 12.6 Å². The second-order valence-electron chi connectivity index (χ2n) is 5.23. The highest BCUT2D eigenvalue weighted by Crippen LogP contribution is 2.12. The maximum absolute atomic E-state index is 11.5. The molecule has 0 heterocycles. The van der Waals surface area contributed by atoms with Crippen LogP contribution in [0.1, 0.15) is 18.4 Å². The van der Waals surface area contributed by atoms with Crippen LogP contribution >= 0.6 is 12.6 Å². The van der Waals surface area contributed by atoms with Gasteiger partial charge in [-0.15, -0.1) is 0 Å². The molecule has 10 heteroatoms. The molecule has 0 aromatic heterocycles. The van der Waals surface area contributed by atoms with E-state index in [0.717, 1.165) is 0 Å². The summed E-state index contributed by atoms with van der Waals surface area (Å²) in [5.74, 6) is -0.0379. The lowest BCUT2D eigenvalue weighted by atomic mass is 10.2. The maximum Gasteiger partial charge on any atom is 0.508 e. The van der Waals surface area contributed by atoms with Gasteiger partial charge in [-0.2, -0.15) is 12.6 Å². The van der Waals surface area contributed by atoms with Crippen molar-refractivity contribution >= 4 is 30.4 Å². The first-order valence-corrected chi connectivity index (χ1v) is 8.56. The Labute approximate surface area is 156 Å². The van der Waals surface area contributed by atoms with Crippen LogP contribution in [-0.4, -0.2) is 49.1 Å². The van der Waals surface area contributed by atoms with Crippen molar-refractivity contribution in [2.45, 2.75) is 25.5 Å². The lowest BCUT2D eigenvalue weighted by Crippen LogP contribution is -2.39. The van der Waals surface area contributed by atoms with Crippen molar-refractivity contribution in [3.8, 4) is 0 Å². The van der Waals surface area contributed by atoms with E-state index in [9.17, 15) is 19.7 Å². The number of unbranched alkanes of at least 4 members (excludes halogenated alkanes) is 1. The van der Waals surface area contributed by atoms with E-state index in [1.807, 2.05) is 0 Å². The number of carbonyl (C=O) groups is 2. The van der Waals surface area contributed by atoms with Gasteiger partial charge in [-0.1, -0.05) is 0 Å². The molecular weight excluding hydrogens is 364 g/mol. The molecule has 9 nitrogen and oxygen atoms in total. The highest BCUT2D eigenvalue weighted by molar-refractivity contribution is 7.80. The average molecular weight is 386 g/mol. The van der Waals surface area contributed by atoms with E-state index in [2.05, 4.69) is 22.7 Å². The fraction of sp³-hybridized carbons (Fsp3) is 0.500. The first-order valence-electron chi connectivity index (χ1n) is 7.93. The number of carbonyl (C=O) groups excluding carboxylic acids is 2. The van der Waals surface area contributed by atoms with Crippen LogP contribution in [0.15, 0.2) is 24.3 Å². The zero-order chi connectivity index (χ0) is 19.4. The number of nitrogens with one attached hydrogen (secondary N) is 1. The number of hydrogen-bond acceptors (Lipinski definition) is 9. The summed E-state index contributed by atoms with van der Waals surface area (Å²) in [6, 6.07) is 5.23. The topological polar surface area (TPSA) is 117 Å². The lowest BCUT2D eigenvalue weighted by Gasteiger charge is -2.13. The molecular formula is C16H22N2O7S. The van der Waals surface area contributed by atoms with Crippen LogP contribution in [0.25, 0.3) is 0 Å². The van der Waals surface area contributed by atoms with E-state index in [0.29, 0.717) is 30.7 Å². The lowest BCUT2D eigenvalue weighted by molar-refractivity contribution is -0.384. The van der Waals surface area contributed by atoms with E-state index in [1.165, 1.54) is 31.4 Å². The third-order valence-corrected chi connectivity index (χ3v) is 3.72. The average Bonchev–Trinajstić information content (AvgIpc) is 2.65. The van der Waals surface area contributed by atoms with E-state index in [1.54, 1.807) is 0 Å². The first kappa shape index (κ1) is 21.7. The SMILES string of the molecule is COC(=O)C(CS)NCCCCOC(=O)OCc1ccc([N+](=O)[O-])cc1. The van der Waals surface area contributed by atoms with Crippen molar-refractivity contribution in [1.82, 2.24) is 5.32 Å². The Balaban J connectivity index is 2.13. The molecule has 0 aliphatic heterocycles. The minimum absolute atomic E-state index is 0.0266. The molecule has 0 radical (unpaired) electrons. The van der Waals surface area contributed by atoms with E-state index < -0.39 is 17.1 Å². The fourth-order valence-corrected chi connectivity index (χ4v) is 2.20. The summed E-state index contributed by atoms with van der Waals surface area (Å²) in [6.45, 7) is 0.715. The van der Waals surface area contributed by atoms with Crippen molar-refractivity contribution < 1.29 is 28.7 Å². The number of thiol groups is 1. The second kappa shape index (κ2) is 12.1. The molecule has 1 rings (SSSR count). The van der Waals surface area contributed by atoms with Crippen molar-refractivity contribution in [1.29, 1.82) is 0 Å². The minimum Gasteiger partial charge on any atom is -0.468 e. The molecule has 1 unspecified atom stereocenters. The van der Waals surface area contributed by atoms with E-state index in [4.69, 9.17) is 9.47 Å². The van der Waals surface area contributed by atoms with Gasteiger partial charge in [-0.25, -0.2) is 4.79 Å². The zero-order valence-corrected chi connectivity index (χ0v) is 15.3. The molecule has 1 atom stereocenters. The Bertz CT molecular complexity index is 595. The molecule has 1 aromatic carbocycles. The van der Waals surface area contributed by atoms with Crippen molar-refractivity contribution in [2.75, 3.05) is 26.0 Å². The van der Waals surface area contributed by atoms with Crippen LogP contribution in [0.5, 0.6) is 0 Å². The largest absolute Gasteiger partial charge is 0.508 e. The van der Waals surface area contributed by atoms with Crippen LogP contribution in [0.4, 0.5) is 10.5 Å². The zero-order valence-electron chi connectivity index (χ0n) is 14.4. The van der Waals surface area contributed by atoms with Gasteiger partial charge in [0.15, 0.2) is 0 Å². The number of non-ortho nitro benzene ring substituents is 1. The number of nitro groups is 1. The van der Waals surface area contributed by atoms with Gasteiger partial charge in [-0.05, 0) is 37.1 Å². The van der Waals surface area contributed by atoms with Crippen LogP contribution in [0, 0.1) is 10.1 Å². The fourth-order valence-electron chi connectivity index (χ4n) is 1.92. The van der Waals surface area contributed by atoms with Crippen LogP contribution in [0.2, 0.25) is 0 Å².